The van der Waals surface area contributed by atoms with Gasteiger partial charge in [-0.2, -0.15) is 0 Å². The summed E-state index contributed by atoms with van der Waals surface area (Å²) in [4.78, 5) is 12.3. The molecule has 0 aromatic heterocycles. The topological polar surface area (TPSA) is 44.8 Å². The lowest BCUT2D eigenvalue weighted by atomic mass is 9.18. The van der Waals surface area contributed by atoms with Gasteiger partial charge in [0.05, 0.1) is 23.7 Å². The maximum Gasteiger partial charge on any atom is 0.464 e. The Morgan fingerprint density at radius 1 is 0.808 bits per heavy atom. The van der Waals surface area contributed by atoms with Crippen LogP contribution in [0.3, 0.4) is 0 Å². The Labute approximate surface area is 157 Å². The third kappa shape index (κ3) is 1.83. The predicted octanol–water partition coefficient (Wildman–Crippen LogP) is 4.52. The molecule has 1 saturated heterocycles. The minimum atomic E-state index is -0.228. The molecule has 4 nitrogen and oxygen atoms in total. The Bertz CT molecular complexity index is 607. The van der Waals surface area contributed by atoms with Crippen molar-refractivity contribution in [3.63, 3.8) is 0 Å². The first-order chi connectivity index (χ1) is 12.0. The number of carbonyl (C=O) groups excluding carboxylic acids is 1. The van der Waals surface area contributed by atoms with E-state index < -0.39 is 0 Å². The second kappa shape index (κ2) is 4.71. The number of ether oxygens (including phenoxy) is 1. The van der Waals surface area contributed by atoms with Crippen molar-refractivity contribution in [1.82, 2.24) is 0 Å². The van der Waals surface area contributed by atoms with Gasteiger partial charge in [-0.25, -0.2) is 0 Å². The first-order valence-electron chi connectivity index (χ1n) is 10.5. The van der Waals surface area contributed by atoms with Crippen molar-refractivity contribution in [2.75, 3.05) is 7.11 Å². The van der Waals surface area contributed by atoms with Gasteiger partial charge < -0.3 is 14.0 Å². The number of hydrogen-bond acceptors (Lipinski definition) is 4. The van der Waals surface area contributed by atoms with Gasteiger partial charge in [0, 0.05) is 5.31 Å². The molecule has 6 saturated carbocycles. The van der Waals surface area contributed by atoms with E-state index in [4.69, 9.17) is 14.0 Å². The summed E-state index contributed by atoms with van der Waals surface area (Å²) in [7, 11) is 1.51. The van der Waals surface area contributed by atoms with Gasteiger partial charge in [-0.05, 0) is 96.3 Å². The van der Waals surface area contributed by atoms with Gasteiger partial charge in [0.2, 0.25) is 0 Å². The number of hydrogen-bond donors (Lipinski definition) is 0. The summed E-state index contributed by atoms with van der Waals surface area (Å²) in [6.45, 7) is 8.62. The summed E-state index contributed by atoms with van der Waals surface area (Å²) < 4.78 is 17.9. The number of methoxy groups -OCH3 is 1. The second-order valence-electron chi connectivity index (χ2n) is 11.3. The molecule has 7 fully saturated rings. The molecule has 1 heterocycles. The molecule has 0 N–H and O–H groups in total. The van der Waals surface area contributed by atoms with Crippen molar-refractivity contribution in [2.45, 2.75) is 102 Å². The van der Waals surface area contributed by atoms with Gasteiger partial charge in [0.1, 0.15) is 0 Å². The largest absolute Gasteiger partial charge is 0.469 e. The lowest BCUT2D eigenvalue weighted by molar-refractivity contribution is -0.241. The van der Waals surface area contributed by atoms with Crippen LogP contribution in [0.5, 0.6) is 0 Å². The van der Waals surface area contributed by atoms with E-state index in [1.165, 1.54) is 38.5 Å². The molecular weight excluding hydrogens is 327 g/mol. The summed E-state index contributed by atoms with van der Waals surface area (Å²) in [6, 6.07) is 0. The monoisotopic (exact) mass is 360 g/mol. The third-order valence-electron chi connectivity index (χ3n) is 9.81. The molecule has 6 aliphatic carbocycles. The lowest BCUT2D eigenvalue weighted by Crippen LogP contribution is -2.71. The Morgan fingerprint density at radius 3 is 1.69 bits per heavy atom. The Kier molecular flexibility index (Phi) is 3.18. The molecule has 4 bridgehead atoms. The van der Waals surface area contributed by atoms with Crippen LogP contribution in [0.2, 0.25) is 5.31 Å². The molecule has 0 atom stereocenters. The molecule has 0 unspecified atom stereocenters. The van der Waals surface area contributed by atoms with Crippen LogP contribution >= 0.6 is 0 Å². The van der Waals surface area contributed by atoms with Crippen molar-refractivity contribution < 1.29 is 18.8 Å². The zero-order valence-corrected chi connectivity index (χ0v) is 17.1. The van der Waals surface area contributed by atoms with Crippen LogP contribution in [-0.4, -0.2) is 31.4 Å². The Hall–Kier alpha value is -0.545. The zero-order chi connectivity index (χ0) is 18.6. The number of fused-ring (bicyclic) bond motifs is 3. The van der Waals surface area contributed by atoms with Gasteiger partial charge in [0.25, 0.3) is 0 Å². The SMILES string of the molecule is COC(=O)C12CCC(C34CC(B5OC(C)(C)C(C)(C)O5)(C3)C4)(CC1)CC2. The molecule has 7 rings (SSSR count). The van der Waals surface area contributed by atoms with Crippen LogP contribution in [0.25, 0.3) is 0 Å². The highest BCUT2D eigenvalue weighted by molar-refractivity contribution is 6.51. The van der Waals surface area contributed by atoms with Gasteiger partial charge in [0.15, 0.2) is 0 Å². The van der Waals surface area contributed by atoms with Crippen LogP contribution in [0.15, 0.2) is 0 Å². The minimum absolute atomic E-state index is 0.0351. The highest BCUT2D eigenvalue weighted by Gasteiger charge is 2.81. The summed E-state index contributed by atoms with van der Waals surface area (Å²) in [5, 5.41) is 0.258. The average molecular weight is 360 g/mol. The smallest absolute Gasteiger partial charge is 0.464 e. The van der Waals surface area contributed by atoms with Crippen LogP contribution in [0, 0.1) is 16.2 Å². The molecule has 26 heavy (non-hydrogen) atoms. The fourth-order valence-electron chi connectivity index (χ4n) is 7.28. The third-order valence-corrected chi connectivity index (χ3v) is 9.81. The fourth-order valence-corrected chi connectivity index (χ4v) is 7.28. The number of carbonyl (C=O) groups is 1. The van der Waals surface area contributed by atoms with E-state index in [1.54, 1.807) is 7.11 Å². The Morgan fingerprint density at radius 2 is 1.27 bits per heavy atom. The predicted molar refractivity (Wildman–Crippen MR) is 99.6 cm³/mol. The van der Waals surface area contributed by atoms with E-state index in [9.17, 15) is 4.79 Å². The van der Waals surface area contributed by atoms with E-state index in [1.807, 2.05) is 0 Å². The van der Waals surface area contributed by atoms with Crippen molar-refractivity contribution in [3.8, 4) is 0 Å². The van der Waals surface area contributed by atoms with E-state index in [-0.39, 0.29) is 35.0 Å². The molecule has 1 aliphatic heterocycles. The van der Waals surface area contributed by atoms with Gasteiger partial charge >= 0.3 is 13.1 Å². The van der Waals surface area contributed by atoms with Gasteiger partial charge in [-0.1, -0.05) is 0 Å². The molecular formula is C21H33BO4. The van der Waals surface area contributed by atoms with Crippen LogP contribution < -0.4 is 0 Å². The maximum atomic E-state index is 12.3. The molecule has 5 heteroatoms. The zero-order valence-electron chi connectivity index (χ0n) is 17.1. The van der Waals surface area contributed by atoms with Gasteiger partial charge in [-0.3, -0.25) is 4.79 Å². The number of esters is 1. The van der Waals surface area contributed by atoms with E-state index in [0.29, 0.717) is 10.8 Å². The first kappa shape index (κ1) is 17.5. The normalized spacial score (nSPS) is 50.1. The first-order valence-corrected chi connectivity index (χ1v) is 10.5. The van der Waals surface area contributed by atoms with Crippen molar-refractivity contribution >= 4 is 13.1 Å². The molecule has 144 valence electrons. The lowest BCUT2D eigenvalue weighted by Gasteiger charge is -2.79. The minimum Gasteiger partial charge on any atom is -0.469 e. The Balaban J connectivity index is 1.28. The quantitative estimate of drug-likeness (QED) is 0.548. The van der Waals surface area contributed by atoms with E-state index in [0.717, 1.165) is 19.3 Å². The summed E-state index contributed by atoms with van der Waals surface area (Å²) in [5.41, 5.74) is 0.347. The average Bonchev–Trinajstić information content (AvgIpc) is 2.73. The molecule has 0 amide bonds. The van der Waals surface area contributed by atoms with Gasteiger partial charge in [-0.15, -0.1) is 0 Å². The van der Waals surface area contributed by atoms with Crippen molar-refractivity contribution in [2.24, 2.45) is 16.2 Å². The van der Waals surface area contributed by atoms with E-state index >= 15 is 0 Å². The summed E-state index contributed by atoms with van der Waals surface area (Å²) in [6.07, 6.45) is 10.5. The standard InChI is InChI=1S/C21H33BO4/c1-16(2)17(3,4)26-22(25-16)21-12-20(13-21,14-21)19-9-6-18(7-10-19,8-11-19)15(23)24-5/h6-14H2,1-5H3. The fraction of sp³-hybridized carbons (Fsp3) is 0.952. The van der Waals surface area contributed by atoms with Crippen LogP contribution in [-0.2, 0) is 18.8 Å². The summed E-state index contributed by atoms with van der Waals surface area (Å²) in [5.74, 6) is 0.0390. The van der Waals surface area contributed by atoms with Crippen LogP contribution in [0.1, 0.15) is 85.5 Å². The van der Waals surface area contributed by atoms with Crippen molar-refractivity contribution in [1.29, 1.82) is 0 Å². The highest BCUT2D eigenvalue weighted by atomic mass is 16.7. The molecule has 0 aromatic rings. The molecule has 7 aliphatic rings. The molecule has 0 spiro atoms. The maximum absolute atomic E-state index is 12.3. The number of rotatable bonds is 3. The summed E-state index contributed by atoms with van der Waals surface area (Å²) >= 11 is 0. The molecule has 0 radical (unpaired) electrons. The highest BCUT2D eigenvalue weighted by Crippen LogP contribution is 2.88. The van der Waals surface area contributed by atoms with E-state index in [2.05, 4.69) is 27.7 Å². The molecule has 0 aromatic carbocycles. The van der Waals surface area contributed by atoms with Crippen molar-refractivity contribution in [3.05, 3.63) is 0 Å². The second-order valence-corrected chi connectivity index (χ2v) is 11.3. The van der Waals surface area contributed by atoms with Crippen LogP contribution in [0.4, 0.5) is 0 Å².